The van der Waals surface area contributed by atoms with E-state index < -0.39 is 6.03 Å². The number of carbonyl (C=O) groups is 3. The minimum atomic E-state index is -0.466. The van der Waals surface area contributed by atoms with E-state index in [0.717, 1.165) is 12.8 Å². The normalized spacial score (nSPS) is 28.9. The number of urea groups is 1. The van der Waals surface area contributed by atoms with Gasteiger partial charge < -0.3 is 15.4 Å². The maximum atomic E-state index is 12.7. The number of carbonyl (C=O) groups excluding carboxylic acids is 3. The van der Waals surface area contributed by atoms with Crippen LogP contribution in [0.3, 0.4) is 0 Å². The van der Waals surface area contributed by atoms with Crippen LogP contribution < -0.4 is 15.4 Å². The number of methoxy groups -OCH3 is 1. The van der Waals surface area contributed by atoms with Gasteiger partial charge in [0, 0.05) is 5.69 Å². The van der Waals surface area contributed by atoms with Gasteiger partial charge in [0.25, 0.3) is 0 Å². The molecule has 1 aromatic rings. The van der Waals surface area contributed by atoms with Gasteiger partial charge in [0.2, 0.25) is 11.8 Å². The van der Waals surface area contributed by atoms with Crippen molar-refractivity contribution >= 4 is 23.5 Å². The highest BCUT2D eigenvalue weighted by molar-refractivity contribution is 6.06. The summed E-state index contributed by atoms with van der Waals surface area (Å²) < 4.78 is 5.07. The van der Waals surface area contributed by atoms with Gasteiger partial charge in [-0.25, -0.2) is 4.79 Å². The number of ether oxygens (including phenoxy) is 1. The van der Waals surface area contributed by atoms with Crippen LogP contribution in [0, 0.1) is 23.7 Å². The predicted molar refractivity (Wildman–Crippen MR) is 94.2 cm³/mol. The maximum Gasteiger partial charge on any atom is 0.320 e. The van der Waals surface area contributed by atoms with Gasteiger partial charge in [-0.05, 0) is 48.9 Å². The molecule has 0 aromatic heterocycles. The van der Waals surface area contributed by atoms with E-state index in [2.05, 4.69) is 22.8 Å². The van der Waals surface area contributed by atoms with Crippen LogP contribution in [0.2, 0.25) is 0 Å². The summed E-state index contributed by atoms with van der Waals surface area (Å²) in [5.41, 5.74) is 0.596. The molecule has 0 spiro atoms. The fraction of sp³-hybridized carbons (Fsp3) is 0.421. The molecule has 7 heteroatoms. The van der Waals surface area contributed by atoms with Crippen molar-refractivity contribution in [3.05, 3.63) is 36.4 Å². The largest absolute Gasteiger partial charge is 0.497 e. The molecule has 1 heterocycles. The molecule has 4 amide bonds. The van der Waals surface area contributed by atoms with Gasteiger partial charge in [-0.3, -0.25) is 14.5 Å². The fourth-order valence-corrected chi connectivity index (χ4v) is 4.29. The van der Waals surface area contributed by atoms with Crippen molar-refractivity contribution in [1.82, 2.24) is 10.2 Å². The van der Waals surface area contributed by atoms with Crippen molar-refractivity contribution in [1.29, 1.82) is 0 Å². The number of fused-ring (bicyclic) bond motifs is 1. The van der Waals surface area contributed by atoms with Crippen LogP contribution in [0.25, 0.3) is 0 Å². The van der Waals surface area contributed by atoms with E-state index in [9.17, 15) is 14.4 Å². The highest BCUT2D eigenvalue weighted by atomic mass is 16.5. The summed E-state index contributed by atoms with van der Waals surface area (Å²) in [4.78, 5) is 38.6. The van der Waals surface area contributed by atoms with Crippen molar-refractivity contribution in [2.24, 2.45) is 23.7 Å². The van der Waals surface area contributed by atoms with Crippen molar-refractivity contribution in [3.8, 4) is 5.75 Å². The molecule has 7 nitrogen and oxygen atoms in total. The lowest BCUT2D eigenvalue weighted by Crippen LogP contribution is -2.43. The molecule has 5 rings (SSSR count). The molecular formula is C19H21N3O4. The molecule has 26 heavy (non-hydrogen) atoms. The third-order valence-electron chi connectivity index (χ3n) is 5.60. The zero-order valence-electron chi connectivity index (χ0n) is 14.5. The van der Waals surface area contributed by atoms with Gasteiger partial charge in [-0.1, -0.05) is 12.2 Å². The van der Waals surface area contributed by atoms with Gasteiger partial charge in [0.05, 0.1) is 18.9 Å². The Hall–Kier alpha value is -2.83. The van der Waals surface area contributed by atoms with Crippen LogP contribution in [0.4, 0.5) is 10.5 Å². The van der Waals surface area contributed by atoms with E-state index in [0.29, 0.717) is 11.4 Å². The number of benzene rings is 1. The molecule has 1 aromatic carbocycles. The summed E-state index contributed by atoms with van der Waals surface area (Å²) in [5.74, 6) is 0.164. The smallest absolute Gasteiger partial charge is 0.320 e. The predicted octanol–water partition coefficient (Wildman–Crippen LogP) is 1.97. The molecule has 3 aliphatic carbocycles. The SMILES string of the molecule is COc1ccc(NC(=O)NCN2C(=O)[C@H]3[C@H](C2=O)[C@H]2C=C[C@H]3CC2)cc1. The summed E-state index contributed by atoms with van der Waals surface area (Å²) in [6, 6.07) is 6.42. The average molecular weight is 355 g/mol. The number of likely N-dealkylation sites (tertiary alicyclic amines) is 1. The van der Waals surface area contributed by atoms with Crippen LogP contribution in [0.1, 0.15) is 12.8 Å². The lowest BCUT2D eigenvalue weighted by atomic mass is 9.63. The van der Waals surface area contributed by atoms with E-state index in [-0.39, 0.29) is 42.2 Å². The van der Waals surface area contributed by atoms with Gasteiger partial charge in [0.1, 0.15) is 12.4 Å². The molecule has 1 saturated heterocycles. The lowest BCUT2D eigenvalue weighted by molar-refractivity contribution is -0.140. The van der Waals surface area contributed by atoms with Crippen LogP contribution >= 0.6 is 0 Å². The Morgan fingerprint density at radius 3 is 2.15 bits per heavy atom. The minimum Gasteiger partial charge on any atom is -0.497 e. The summed E-state index contributed by atoms with van der Waals surface area (Å²) >= 11 is 0. The summed E-state index contributed by atoms with van der Waals surface area (Å²) in [5, 5.41) is 5.28. The Balaban J connectivity index is 1.36. The third kappa shape index (κ3) is 2.73. The molecule has 2 bridgehead atoms. The Bertz CT molecular complexity index is 741. The first-order valence-corrected chi connectivity index (χ1v) is 8.81. The number of nitrogens with one attached hydrogen (secondary N) is 2. The molecule has 1 saturated carbocycles. The monoisotopic (exact) mass is 355 g/mol. The topological polar surface area (TPSA) is 87.7 Å². The molecule has 4 atom stereocenters. The first kappa shape index (κ1) is 16.6. The number of allylic oxidation sites excluding steroid dienone is 2. The molecule has 2 N–H and O–H groups in total. The number of hydrogen-bond donors (Lipinski definition) is 2. The number of amides is 4. The lowest BCUT2D eigenvalue weighted by Gasteiger charge is -2.38. The fourth-order valence-electron chi connectivity index (χ4n) is 4.29. The second kappa shape index (κ2) is 6.48. The highest BCUT2D eigenvalue weighted by Crippen LogP contribution is 2.49. The van der Waals surface area contributed by atoms with E-state index >= 15 is 0 Å². The zero-order valence-corrected chi connectivity index (χ0v) is 14.5. The first-order chi connectivity index (χ1) is 12.6. The van der Waals surface area contributed by atoms with Crippen LogP contribution in [-0.4, -0.2) is 36.5 Å². The standard InChI is InChI=1S/C19H21N3O4/c1-26-14-8-6-13(7-9-14)21-19(25)20-10-22-17(23)15-11-2-3-12(5-4-11)16(15)18(22)24/h2-3,6-9,11-12,15-16H,4-5,10H2,1H3,(H2,20,21,25)/t11-,12-,15+,16+/m0/s1. The zero-order chi connectivity index (χ0) is 18.3. The van der Waals surface area contributed by atoms with E-state index in [1.54, 1.807) is 31.4 Å². The number of hydrogen-bond acceptors (Lipinski definition) is 4. The van der Waals surface area contributed by atoms with Crippen LogP contribution in [0.5, 0.6) is 5.75 Å². The van der Waals surface area contributed by atoms with Gasteiger partial charge in [0.15, 0.2) is 0 Å². The molecule has 2 fully saturated rings. The molecule has 0 radical (unpaired) electrons. The number of nitrogens with zero attached hydrogens (tertiary/aromatic N) is 1. The quantitative estimate of drug-likeness (QED) is 0.638. The Morgan fingerprint density at radius 2 is 1.65 bits per heavy atom. The maximum absolute atomic E-state index is 12.7. The Morgan fingerprint density at radius 1 is 1.08 bits per heavy atom. The summed E-state index contributed by atoms with van der Waals surface area (Å²) in [6.07, 6.45) is 6.07. The third-order valence-corrected chi connectivity index (χ3v) is 5.60. The van der Waals surface area contributed by atoms with E-state index in [4.69, 9.17) is 4.74 Å². The molecule has 0 unspecified atom stereocenters. The second-order valence-corrected chi connectivity index (χ2v) is 6.96. The van der Waals surface area contributed by atoms with Crippen molar-refractivity contribution < 1.29 is 19.1 Å². The first-order valence-electron chi connectivity index (χ1n) is 8.81. The number of imide groups is 1. The van der Waals surface area contributed by atoms with Gasteiger partial charge >= 0.3 is 6.03 Å². The Labute approximate surface area is 151 Å². The second-order valence-electron chi connectivity index (χ2n) is 6.96. The van der Waals surface area contributed by atoms with E-state index in [1.807, 2.05) is 0 Å². The van der Waals surface area contributed by atoms with Gasteiger partial charge in [-0.15, -0.1) is 0 Å². The average Bonchev–Trinajstić information content (AvgIpc) is 2.94. The van der Waals surface area contributed by atoms with Crippen molar-refractivity contribution in [2.45, 2.75) is 12.8 Å². The summed E-state index contributed by atoms with van der Waals surface area (Å²) in [6.45, 7) is -0.105. The Kier molecular flexibility index (Phi) is 4.14. The summed E-state index contributed by atoms with van der Waals surface area (Å²) in [7, 11) is 1.57. The van der Waals surface area contributed by atoms with E-state index in [1.165, 1.54) is 4.90 Å². The molecule has 4 aliphatic rings. The minimum absolute atomic E-state index is 0.105. The molecule has 1 aliphatic heterocycles. The van der Waals surface area contributed by atoms with Crippen molar-refractivity contribution in [2.75, 3.05) is 19.1 Å². The molecule has 136 valence electrons. The number of rotatable bonds is 4. The van der Waals surface area contributed by atoms with Crippen molar-refractivity contribution in [3.63, 3.8) is 0 Å². The highest BCUT2D eigenvalue weighted by Gasteiger charge is 2.56. The van der Waals surface area contributed by atoms with Crippen LogP contribution in [0.15, 0.2) is 36.4 Å². The van der Waals surface area contributed by atoms with Gasteiger partial charge in [-0.2, -0.15) is 0 Å². The number of anilines is 1. The van der Waals surface area contributed by atoms with Crippen LogP contribution in [-0.2, 0) is 9.59 Å². The molecular weight excluding hydrogens is 334 g/mol.